The second-order valence-electron chi connectivity index (χ2n) is 6.40. The highest BCUT2D eigenvalue weighted by molar-refractivity contribution is 7.93. The summed E-state index contributed by atoms with van der Waals surface area (Å²) in [6.07, 6.45) is 3.04. The summed E-state index contributed by atoms with van der Waals surface area (Å²) in [7, 11) is -2.51. The largest absolute Gasteiger partial charge is 0.466 e. The standard InChI is InChI=1S/C22H23ClN2O6S/c1-3-30-22(26)15-25(19-9-10-21(20(23)13-19)31-16-29-2)32(27,28)11-5-8-17-6-4-7-18(12-17)14-24/h4-10,12-13H,3,11,15-16H2,1-2H3/b8-5+. The van der Waals surface area contributed by atoms with Gasteiger partial charge in [0.15, 0.2) is 6.79 Å². The van der Waals surface area contributed by atoms with Gasteiger partial charge in [-0.2, -0.15) is 5.26 Å². The Hall–Kier alpha value is -3.06. The normalized spacial score (nSPS) is 11.2. The van der Waals surface area contributed by atoms with Gasteiger partial charge in [0.1, 0.15) is 12.3 Å². The van der Waals surface area contributed by atoms with Crippen molar-refractivity contribution in [2.24, 2.45) is 0 Å². The van der Waals surface area contributed by atoms with Crippen molar-refractivity contribution in [2.45, 2.75) is 6.92 Å². The fourth-order valence-corrected chi connectivity index (χ4v) is 4.15. The van der Waals surface area contributed by atoms with Gasteiger partial charge in [0.2, 0.25) is 10.0 Å². The number of halogens is 1. The fourth-order valence-electron chi connectivity index (χ4n) is 2.67. The molecule has 0 saturated carbocycles. The van der Waals surface area contributed by atoms with Gasteiger partial charge in [-0.25, -0.2) is 8.42 Å². The minimum atomic E-state index is -3.96. The molecule has 0 aromatic heterocycles. The molecule has 0 atom stereocenters. The quantitative estimate of drug-likeness (QED) is 0.358. The zero-order valence-corrected chi connectivity index (χ0v) is 19.2. The number of nitriles is 1. The third-order valence-electron chi connectivity index (χ3n) is 4.08. The molecule has 10 heteroatoms. The monoisotopic (exact) mass is 478 g/mol. The first-order chi connectivity index (χ1) is 15.3. The van der Waals surface area contributed by atoms with Crippen LogP contribution >= 0.6 is 11.6 Å². The van der Waals surface area contributed by atoms with E-state index in [9.17, 15) is 13.2 Å². The van der Waals surface area contributed by atoms with Crippen LogP contribution < -0.4 is 9.04 Å². The van der Waals surface area contributed by atoms with Crippen LogP contribution in [-0.4, -0.2) is 47.2 Å². The third kappa shape index (κ3) is 7.27. The number of carbonyl (C=O) groups is 1. The maximum Gasteiger partial charge on any atom is 0.326 e. The van der Waals surface area contributed by atoms with E-state index < -0.39 is 22.5 Å². The molecule has 0 aliphatic rings. The van der Waals surface area contributed by atoms with Gasteiger partial charge in [0, 0.05) is 7.11 Å². The Morgan fingerprint density at radius 3 is 2.69 bits per heavy atom. The first-order valence-electron chi connectivity index (χ1n) is 9.54. The number of esters is 1. The van der Waals surface area contributed by atoms with Crippen LogP contribution in [0.1, 0.15) is 18.1 Å². The van der Waals surface area contributed by atoms with E-state index >= 15 is 0 Å². The number of carbonyl (C=O) groups excluding carboxylic acids is 1. The molecule has 32 heavy (non-hydrogen) atoms. The first-order valence-corrected chi connectivity index (χ1v) is 11.5. The van der Waals surface area contributed by atoms with Crippen molar-refractivity contribution in [3.63, 3.8) is 0 Å². The predicted octanol–water partition coefficient (Wildman–Crippen LogP) is 3.61. The fraction of sp³-hybridized carbons (Fsp3) is 0.273. The van der Waals surface area contributed by atoms with Crippen molar-refractivity contribution < 1.29 is 27.4 Å². The van der Waals surface area contributed by atoms with Crippen molar-refractivity contribution in [1.82, 2.24) is 0 Å². The van der Waals surface area contributed by atoms with Gasteiger partial charge in [-0.1, -0.05) is 35.9 Å². The van der Waals surface area contributed by atoms with Crippen molar-refractivity contribution in [2.75, 3.05) is 37.1 Å². The Morgan fingerprint density at radius 2 is 2.03 bits per heavy atom. The molecule has 0 heterocycles. The first kappa shape index (κ1) is 25.2. The molecule has 0 spiro atoms. The average Bonchev–Trinajstić information content (AvgIpc) is 2.77. The Balaban J connectivity index is 2.29. The third-order valence-corrected chi connectivity index (χ3v) is 6.00. The van der Waals surface area contributed by atoms with Gasteiger partial charge < -0.3 is 14.2 Å². The lowest BCUT2D eigenvalue weighted by molar-refractivity contribution is -0.141. The Kier molecular flexibility index (Phi) is 9.53. The lowest BCUT2D eigenvalue weighted by Crippen LogP contribution is -2.37. The second kappa shape index (κ2) is 12.1. The molecule has 0 aliphatic heterocycles. The van der Waals surface area contributed by atoms with Crippen molar-refractivity contribution >= 4 is 39.4 Å². The van der Waals surface area contributed by atoms with Gasteiger partial charge in [-0.05, 0) is 42.8 Å². The van der Waals surface area contributed by atoms with Gasteiger partial charge >= 0.3 is 5.97 Å². The maximum absolute atomic E-state index is 13.1. The summed E-state index contributed by atoms with van der Waals surface area (Å²) in [6, 6.07) is 13.1. The van der Waals surface area contributed by atoms with Crippen LogP contribution in [0.3, 0.4) is 0 Å². The molecule has 2 aromatic rings. The van der Waals surface area contributed by atoms with Crippen LogP contribution in [-0.2, 0) is 24.3 Å². The van der Waals surface area contributed by atoms with Gasteiger partial charge in [-0.15, -0.1) is 0 Å². The van der Waals surface area contributed by atoms with E-state index in [4.69, 9.17) is 31.1 Å². The summed E-state index contributed by atoms with van der Waals surface area (Å²) in [5.74, 6) is -0.774. The average molecular weight is 479 g/mol. The summed E-state index contributed by atoms with van der Waals surface area (Å²) in [6.45, 7) is 1.21. The van der Waals surface area contributed by atoms with E-state index in [0.29, 0.717) is 16.9 Å². The topological polar surface area (TPSA) is 106 Å². The lowest BCUT2D eigenvalue weighted by Gasteiger charge is -2.23. The summed E-state index contributed by atoms with van der Waals surface area (Å²) in [5.41, 5.74) is 1.33. The number of nitrogens with zero attached hydrogens (tertiary/aromatic N) is 2. The van der Waals surface area contributed by atoms with E-state index in [0.717, 1.165) is 4.31 Å². The highest BCUT2D eigenvalue weighted by Crippen LogP contribution is 2.31. The van der Waals surface area contributed by atoms with Crippen molar-refractivity contribution in [1.29, 1.82) is 5.26 Å². The molecule has 8 nitrogen and oxygen atoms in total. The van der Waals surface area contributed by atoms with Crippen molar-refractivity contribution in [3.8, 4) is 11.8 Å². The summed E-state index contributed by atoms with van der Waals surface area (Å²) in [5, 5.41) is 9.15. The number of hydrogen-bond donors (Lipinski definition) is 0. The zero-order chi connectivity index (χ0) is 23.6. The van der Waals surface area contributed by atoms with Crippen LogP contribution in [0.4, 0.5) is 5.69 Å². The van der Waals surface area contributed by atoms with E-state index in [-0.39, 0.29) is 29.9 Å². The molecule has 0 saturated heterocycles. The minimum absolute atomic E-state index is 0.0261. The highest BCUT2D eigenvalue weighted by atomic mass is 35.5. The molecule has 0 fully saturated rings. The Labute approximate surface area is 192 Å². The molecule has 0 amide bonds. The van der Waals surface area contributed by atoms with Crippen LogP contribution in [0.5, 0.6) is 5.75 Å². The van der Waals surface area contributed by atoms with Gasteiger partial charge in [0.25, 0.3) is 0 Å². The molecule has 0 radical (unpaired) electrons. The number of methoxy groups -OCH3 is 1. The molecule has 0 aliphatic carbocycles. The van der Waals surface area contributed by atoms with E-state index in [2.05, 4.69) is 0 Å². The van der Waals surface area contributed by atoms with E-state index in [1.165, 1.54) is 31.4 Å². The SMILES string of the molecule is CCOC(=O)CN(c1ccc(OCOC)c(Cl)c1)S(=O)(=O)C/C=C/c1cccc(C#N)c1. The highest BCUT2D eigenvalue weighted by Gasteiger charge is 2.25. The Bertz CT molecular complexity index is 1110. The van der Waals surface area contributed by atoms with Gasteiger partial charge in [0.05, 0.1) is 34.7 Å². The Morgan fingerprint density at radius 1 is 1.25 bits per heavy atom. The summed E-state index contributed by atoms with van der Waals surface area (Å²) in [4.78, 5) is 12.1. The zero-order valence-electron chi connectivity index (χ0n) is 17.7. The summed E-state index contributed by atoms with van der Waals surface area (Å²) >= 11 is 6.21. The van der Waals surface area contributed by atoms with Crippen LogP contribution in [0.15, 0.2) is 48.5 Å². The molecule has 2 aromatic carbocycles. The molecule has 2 rings (SSSR count). The lowest BCUT2D eigenvalue weighted by atomic mass is 10.1. The molecule has 170 valence electrons. The van der Waals surface area contributed by atoms with Crippen LogP contribution in [0, 0.1) is 11.3 Å². The van der Waals surface area contributed by atoms with Crippen molar-refractivity contribution in [3.05, 3.63) is 64.7 Å². The van der Waals surface area contributed by atoms with E-state index in [1.807, 2.05) is 6.07 Å². The predicted molar refractivity (Wildman–Crippen MR) is 122 cm³/mol. The second-order valence-corrected chi connectivity index (χ2v) is 8.74. The number of anilines is 1. The molecule has 0 bridgehead atoms. The number of sulfonamides is 1. The number of benzene rings is 2. The smallest absolute Gasteiger partial charge is 0.326 e. The van der Waals surface area contributed by atoms with Crippen LogP contribution in [0.25, 0.3) is 6.08 Å². The molecular formula is C22H23ClN2O6S. The van der Waals surface area contributed by atoms with Crippen LogP contribution in [0.2, 0.25) is 5.02 Å². The number of rotatable bonds is 11. The number of hydrogen-bond acceptors (Lipinski definition) is 7. The maximum atomic E-state index is 13.1. The molecule has 0 N–H and O–H groups in total. The summed E-state index contributed by atoms with van der Waals surface area (Å²) < 4.78 is 42.2. The minimum Gasteiger partial charge on any atom is -0.466 e. The van der Waals surface area contributed by atoms with E-state index in [1.54, 1.807) is 37.3 Å². The number of ether oxygens (including phenoxy) is 3. The van der Waals surface area contributed by atoms with Gasteiger partial charge in [-0.3, -0.25) is 9.10 Å². The molecule has 0 unspecified atom stereocenters. The molecular weight excluding hydrogens is 456 g/mol.